The van der Waals surface area contributed by atoms with Crippen molar-refractivity contribution in [2.24, 2.45) is 0 Å². The molecule has 0 aliphatic heterocycles. The van der Waals surface area contributed by atoms with Gasteiger partial charge in [0, 0.05) is 19.5 Å². The highest BCUT2D eigenvalue weighted by Crippen LogP contribution is 2.24. The first-order valence-electron chi connectivity index (χ1n) is 7.90. The van der Waals surface area contributed by atoms with Gasteiger partial charge >= 0.3 is 0 Å². The lowest BCUT2D eigenvalue weighted by atomic mass is 10.2. The zero-order valence-electron chi connectivity index (χ0n) is 14.4. The van der Waals surface area contributed by atoms with Gasteiger partial charge in [0.25, 0.3) is 0 Å². The number of hydrogen-bond acceptors (Lipinski definition) is 4. The monoisotopic (exact) mass is 328 g/mol. The third-order valence-corrected chi connectivity index (χ3v) is 3.67. The molecule has 0 atom stereocenters. The van der Waals surface area contributed by atoms with Crippen LogP contribution in [0.1, 0.15) is 17.5 Å². The summed E-state index contributed by atoms with van der Waals surface area (Å²) in [5.41, 5.74) is 3.08. The second kappa shape index (κ2) is 8.82. The van der Waals surface area contributed by atoms with E-state index in [1.54, 1.807) is 14.2 Å². The van der Waals surface area contributed by atoms with E-state index >= 15 is 0 Å². The van der Waals surface area contributed by atoms with E-state index in [4.69, 9.17) is 9.47 Å². The molecule has 0 aromatic heterocycles. The van der Waals surface area contributed by atoms with Crippen molar-refractivity contribution in [3.05, 3.63) is 53.6 Å². The Morgan fingerprint density at radius 3 is 2.46 bits per heavy atom. The molecule has 2 rings (SSSR count). The molecule has 0 aliphatic carbocycles. The van der Waals surface area contributed by atoms with Gasteiger partial charge in [-0.3, -0.25) is 4.79 Å². The highest BCUT2D eigenvalue weighted by Gasteiger charge is 2.05. The van der Waals surface area contributed by atoms with Crippen molar-refractivity contribution in [2.45, 2.75) is 19.9 Å². The van der Waals surface area contributed by atoms with Crippen LogP contribution in [0.25, 0.3) is 0 Å². The van der Waals surface area contributed by atoms with Gasteiger partial charge in [-0.25, -0.2) is 0 Å². The van der Waals surface area contributed by atoms with Crippen LogP contribution in [0.15, 0.2) is 42.5 Å². The van der Waals surface area contributed by atoms with Crippen molar-refractivity contribution in [1.82, 2.24) is 5.32 Å². The molecule has 0 unspecified atom stereocenters. The van der Waals surface area contributed by atoms with Gasteiger partial charge in [-0.15, -0.1) is 0 Å². The minimum Gasteiger partial charge on any atom is -0.497 e. The van der Waals surface area contributed by atoms with Crippen LogP contribution in [0.4, 0.5) is 5.69 Å². The number of carbonyl (C=O) groups is 1. The largest absolute Gasteiger partial charge is 0.497 e. The zero-order valence-corrected chi connectivity index (χ0v) is 14.4. The Labute approximate surface area is 143 Å². The molecule has 0 spiro atoms. The van der Waals surface area contributed by atoms with Gasteiger partial charge in [0.2, 0.25) is 5.91 Å². The van der Waals surface area contributed by atoms with Crippen LogP contribution in [0.3, 0.4) is 0 Å². The van der Waals surface area contributed by atoms with E-state index in [0.29, 0.717) is 19.5 Å². The highest BCUT2D eigenvalue weighted by molar-refractivity contribution is 5.76. The maximum Gasteiger partial charge on any atom is 0.222 e. The van der Waals surface area contributed by atoms with Gasteiger partial charge in [0.05, 0.1) is 19.9 Å². The van der Waals surface area contributed by atoms with Crippen LogP contribution in [-0.4, -0.2) is 26.7 Å². The first kappa shape index (κ1) is 17.7. The zero-order chi connectivity index (χ0) is 17.4. The summed E-state index contributed by atoms with van der Waals surface area (Å²) in [5.74, 6) is 1.59. The first-order chi connectivity index (χ1) is 11.6. The summed E-state index contributed by atoms with van der Waals surface area (Å²) in [6.07, 6.45) is 0.396. The first-order valence-corrected chi connectivity index (χ1v) is 7.90. The molecule has 0 radical (unpaired) electrons. The van der Waals surface area contributed by atoms with E-state index in [-0.39, 0.29) is 5.91 Å². The van der Waals surface area contributed by atoms with Gasteiger partial charge in [0.15, 0.2) is 0 Å². The Morgan fingerprint density at radius 1 is 1.04 bits per heavy atom. The van der Waals surface area contributed by atoms with Crippen molar-refractivity contribution in [3.8, 4) is 11.5 Å². The van der Waals surface area contributed by atoms with Crippen LogP contribution in [0, 0.1) is 6.92 Å². The van der Waals surface area contributed by atoms with Crippen molar-refractivity contribution in [3.63, 3.8) is 0 Å². The van der Waals surface area contributed by atoms with E-state index in [2.05, 4.69) is 10.6 Å². The molecule has 1 amide bonds. The molecule has 0 saturated carbocycles. The quantitative estimate of drug-likeness (QED) is 0.781. The molecule has 24 heavy (non-hydrogen) atoms. The smallest absolute Gasteiger partial charge is 0.222 e. The minimum atomic E-state index is 0.00457. The molecule has 5 nitrogen and oxygen atoms in total. The summed E-state index contributed by atoms with van der Waals surface area (Å²) in [7, 11) is 3.27. The lowest BCUT2D eigenvalue weighted by Crippen LogP contribution is -2.24. The van der Waals surface area contributed by atoms with Crippen molar-refractivity contribution < 1.29 is 14.3 Å². The second-order valence-corrected chi connectivity index (χ2v) is 5.51. The van der Waals surface area contributed by atoms with Crippen LogP contribution in [0.5, 0.6) is 11.5 Å². The average Bonchev–Trinajstić information content (AvgIpc) is 2.60. The fraction of sp³-hybridized carbons (Fsp3) is 0.316. The number of anilines is 1. The Kier molecular flexibility index (Phi) is 6.49. The third-order valence-electron chi connectivity index (χ3n) is 3.67. The number of ether oxygens (including phenoxy) is 2. The molecule has 2 aromatic rings. The summed E-state index contributed by atoms with van der Waals surface area (Å²) in [5, 5.41) is 6.16. The van der Waals surface area contributed by atoms with Gasteiger partial charge in [-0.05, 0) is 42.3 Å². The Morgan fingerprint density at radius 2 is 1.79 bits per heavy atom. The number of amides is 1. The highest BCUT2D eigenvalue weighted by atomic mass is 16.5. The summed E-state index contributed by atoms with van der Waals surface area (Å²) in [4.78, 5) is 11.9. The van der Waals surface area contributed by atoms with Crippen LogP contribution >= 0.6 is 0 Å². The number of hydrogen-bond donors (Lipinski definition) is 2. The predicted octanol–water partition coefficient (Wildman–Crippen LogP) is 3.13. The molecule has 128 valence electrons. The average molecular weight is 328 g/mol. The lowest BCUT2D eigenvalue weighted by Gasteiger charge is -2.12. The van der Waals surface area contributed by atoms with Crippen LogP contribution in [0.2, 0.25) is 0 Å². The van der Waals surface area contributed by atoms with E-state index in [0.717, 1.165) is 28.3 Å². The fourth-order valence-corrected chi connectivity index (χ4v) is 2.30. The minimum absolute atomic E-state index is 0.00457. The summed E-state index contributed by atoms with van der Waals surface area (Å²) >= 11 is 0. The van der Waals surface area contributed by atoms with E-state index in [1.165, 1.54) is 0 Å². The maximum atomic E-state index is 11.9. The number of benzene rings is 2. The van der Waals surface area contributed by atoms with Crippen LogP contribution in [-0.2, 0) is 11.3 Å². The van der Waals surface area contributed by atoms with Gasteiger partial charge in [-0.1, -0.05) is 18.2 Å². The van der Waals surface area contributed by atoms with E-state index < -0.39 is 0 Å². The number of methoxy groups -OCH3 is 2. The molecule has 0 aliphatic rings. The van der Waals surface area contributed by atoms with Gasteiger partial charge in [-0.2, -0.15) is 0 Å². The van der Waals surface area contributed by atoms with Crippen molar-refractivity contribution in [2.75, 3.05) is 26.1 Å². The molecular weight excluding hydrogens is 304 g/mol. The molecular formula is C19H24N2O3. The predicted molar refractivity (Wildman–Crippen MR) is 95.7 cm³/mol. The summed E-state index contributed by atoms with van der Waals surface area (Å²) in [6.45, 7) is 3.08. The van der Waals surface area contributed by atoms with Gasteiger partial charge in [0.1, 0.15) is 11.5 Å². The van der Waals surface area contributed by atoms with E-state index in [1.807, 2.05) is 49.4 Å². The normalized spacial score (nSPS) is 10.1. The molecule has 0 bridgehead atoms. The maximum absolute atomic E-state index is 11.9. The number of aryl methyl sites for hydroxylation is 1. The fourth-order valence-electron chi connectivity index (χ4n) is 2.30. The Balaban J connectivity index is 1.76. The van der Waals surface area contributed by atoms with Crippen molar-refractivity contribution >= 4 is 11.6 Å². The third kappa shape index (κ3) is 5.19. The molecule has 0 saturated heterocycles. The molecule has 5 heteroatoms. The SMILES string of the molecule is COc1ccc(CNC(=O)CCNc2cc(C)ccc2OC)cc1. The molecule has 2 aromatic carbocycles. The Hall–Kier alpha value is -2.69. The number of rotatable bonds is 8. The number of carbonyl (C=O) groups excluding carboxylic acids is 1. The second-order valence-electron chi connectivity index (χ2n) is 5.51. The number of nitrogens with one attached hydrogen (secondary N) is 2. The summed E-state index contributed by atoms with van der Waals surface area (Å²) < 4.78 is 10.4. The molecule has 0 fully saturated rings. The molecule has 2 N–H and O–H groups in total. The lowest BCUT2D eigenvalue weighted by molar-refractivity contribution is -0.121. The topological polar surface area (TPSA) is 59.6 Å². The van der Waals surface area contributed by atoms with Crippen LogP contribution < -0.4 is 20.1 Å². The Bertz CT molecular complexity index is 669. The van der Waals surface area contributed by atoms with Gasteiger partial charge < -0.3 is 20.1 Å². The summed E-state index contributed by atoms with van der Waals surface area (Å²) in [6, 6.07) is 13.6. The van der Waals surface area contributed by atoms with E-state index in [9.17, 15) is 4.79 Å². The standard InChI is InChI=1S/C19H24N2O3/c1-14-4-9-18(24-3)17(12-14)20-11-10-19(22)21-13-15-5-7-16(23-2)8-6-15/h4-9,12,20H,10-11,13H2,1-3H3,(H,21,22). The van der Waals surface area contributed by atoms with Crippen molar-refractivity contribution in [1.29, 1.82) is 0 Å². The molecule has 0 heterocycles.